The van der Waals surface area contributed by atoms with E-state index in [2.05, 4.69) is 23.8 Å². The number of fused-ring (bicyclic) bond motifs is 1. The van der Waals surface area contributed by atoms with Crippen molar-refractivity contribution in [1.82, 2.24) is 9.97 Å². The number of nitrogens with zero attached hydrogens (tertiary/aromatic N) is 2. The molecule has 2 N–H and O–H groups in total. The van der Waals surface area contributed by atoms with E-state index in [-0.39, 0.29) is 0 Å². The summed E-state index contributed by atoms with van der Waals surface area (Å²) in [6.45, 7) is 4.98. The van der Waals surface area contributed by atoms with E-state index in [0.717, 1.165) is 18.8 Å². The Labute approximate surface area is 91.1 Å². The highest BCUT2D eigenvalue weighted by molar-refractivity contribution is 5.25. The van der Waals surface area contributed by atoms with Crippen molar-refractivity contribution in [3.8, 4) is 0 Å². The van der Waals surface area contributed by atoms with Gasteiger partial charge in [0, 0.05) is 17.8 Å². The molecular formula is C12H19N3. The molecule has 15 heavy (non-hydrogen) atoms. The molecule has 0 aliphatic heterocycles. The number of rotatable bonds is 2. The van der Waals surface area contributed by atoms with Crippen molar-refractivity contribution in [2.75, 3.05) is 6.54 Å². The van der Waals surface area contributed by atoms with Gasteiger partial charge in [-0.15, -0.1) is 0 Å². The minimum absolute atomic E-state index is 0.411. The third kappa shape index (κ3) is 2.02. The van der Waals surface area contributed by atoms with Gasteiger partial charge < -0.3 is 5.73 Å². The molecule has 1 aliphatic carbocycles. The number of nitrogens with two attached hydrogens (primary N) is 1. The number of aromatic nitrogens is 2. The first-order chi connectivity index (χ1) is 7.22. The third-order valence-electron chi connectivity index (χ3n) is 3.13. The summed E-state index contributed by atoms with van der Waals surface area (Å²) >= 11 is 0. The minimum atomic E-state index is 0.411. The lowest BCUT2D eigenvalue weighted by Crippen LogP contribution is -2.20. The van der Waals surface area contributed by atoms with Crippen molar-refractivity contribution in [1.29, 1.82) is 0 Å². The van der Waals surface area contributed by atoms with Crippen LogP contribution in [-0.4, -0.2) is 16.5 Å². The van der Waals surface area contributed by atoms with E-state index in [1.165, 1.54) is 24.1 Å². The highest BCUT2D eigenvalue weighted by Crippen LogP contribution is 2.29. The summed E-state index contributed by atoms with van der Waals surface area (Å²) in [6.07, 6.45) is 5.49. The van der Waals surface area contributed by atoms with Crippen molar-refractivity contribution < 1.29 is 0 Å². The van der Waals surface area contributed by atoms with E-state index in [1.807, 2.05) is 6.20 Å². The first-order valence-corrected chi connectivity index (χ1v) is 5.78. The lowest BCUT2D eigenvalue weighted by Gasteiger charge is -2.23. The first kappa shape index (κ1) is 10.6. The van der Waals surface area contributed by atoms with Crippen LogP contribution in [0.5, 0.6) is 0 Å². The molecule has 0 aromatic carbocycles. The van der Waals surface area contributed by atoms with Gasteiger partial charge in [0.2, 0.25) is 0 Å². The minimum Gasteiger partial charge on any atom is -0.330 e. The Morgan fingerprint density at radius 1 is 1.53 bits per heavy atom. The third-order valence-corrected chi connectivity index (χ3v) is 3.13. The molecule has 1 aromatic heterocycles. The highest BCUT2D eigenvalue weighted by Gasteiger charge is 2.21. The predicted molar refractivity (Wildman–Crippen MR) is 60.9 cm³/mol. The molecule has 3 nitrogen and oxygen atoms in total. The fraction of sp³-hybridized carbons (Fsp3) is 0.667. The Morgan fingerprint density at radius 2 is 2.33 bits per heavy atom. The van der Waals surface area contributed by atoms with Crippen LogP contribution in [0, 0.1) is 0 Å². The second-order valence-corrected chi connectivity index (χ2v) is 4.61. The van der Waals surface area contributed by atoms with E-state index in [9.17, 15) is 0 Å². The second kappa shape index (κ2) is 4.27. The lowest BCUT2D eigenvalue weighted by molar-refractivity contribution is 0.542. The Bertz CT molecular complexity index is 347. The van der Waals surface area contributed by atoms with Gasteiger partial charge in [0.15, 0.2) is 0 Å². The van der Waals surface area contributed by atoms with E-state index < -0.39 is 0 Å². The molecule has 0 saturated carbocycles. The Hall–Kier alpha value is -0.960. The average molecular weight is 205 g/mol. The summed E-state index contributed by atoms with van der Waals surface area (Å²) in [5, 5.41) is 0. The predicted octanol–water partition coefficient (Wildman–Crippen LogP) is 1.98. The molecule has 0 fully saturated rings. The Balaban J connectivity index is 2.36. The fourth-order valence-corrected chi connectivity index (χ4v) is 2.18. The van der Waals surface area contributed by atoms with Crippen molar-refractivity contribution >= 4 is 0 Å². The van der Waals surface area contributed by atoms with Gasteiger partial charge in [-0.3, -0.25) is 0 Å². The Morgan fingerprint density at radius 3 is 3.00 bits per heavy atom. The van der Waals surface area contributed by atoms with Crippen LogP contribution in [-0.2, 0) is 6.42 Å². The van der Waals surface area contributed by atoms with Crippen LogP contribution in [0.3, 0.4) is 0 Å². The molecule has 1 aromatic rings. The maximum atomic E-state index is 5.76. The standard InChI is InChI=1S/C12H19N3/c1-8(2)12-14-7-10-9(6-13)4-3-5-11(10)15-12/h7-9H,3-6,13H2,1-2H3. The molecule has 2 rings (SSSR count). The van der Waals surface area contributed by atoms with E-state index in [0.29, 0.717) is 11.8 Å². The van der Waals surface area contributed by atoms with Crippen molar-refractivity contribution in [2.24, 2.45) is 5.73 Å². The molecule has 3 heteroatoms. The molecule has 0 amide bonds. The zero-order valence-electron chi connectivity index (χ0n) is 9.53. The van der Waals surface area contributed by atoms with Crippen LogP contribution in [0.4, 0.5) is 0 Å². The van der Waals surface area contributed by atoms with Gasteiger partial charge in [0.1, 0.15) is 5.82 Å². The number of hydrogen-bond donors (Lipinski definition) is 1. The average Bonchev–Trinajstić information content (AvgIpc) is 2.27. The molecule has 1 unspecified atom stereocenters. The monoisotopic (exact) mass is 205 g/mol. The first-order valence-electron chi connectivity index (χ1n) is 5.78. The van der Waals surface area contributed by atoms with Crippen LogP contribution in [0.15, 0.2) is 6.20 Å². The summed E-state index contributed by atoms with van der Waals surface area (Å²) in [6, 6.07) is 0. The van der Waals surface area contributed by atoms with E-state index >= 15 is 0 Å². The topological polar surface area (TPSA) is 51.8 Å². The summed E-state index contributed by atoms with van der Waals surface area (Å²) < 4.78 is 0. The van der Waals surface area contributed by atoms with Crippen LogP contribution >= 0.6 is 0 Å². The summed E-state index contributed by atoms with van der Waals surface area (Å²) in [7, 11) is 0. The van der Waals surface area contributed by atoms with Gasteiger partial charge in [0.05, 0.1) is 0 Å². The molecule has 1 aliphatic rings. The molecule has 0 saturated heterocycles. The maximum absolute atomic E-state index is 5.76. The van der Waals surface area contributed by atoms with Gasteiger partial charge >= 0.3 is 0 Å². The second-order valence-electron chi connectivity index (χ2n) is 4.61. The quantitative estimate of drug-likeness (QED) is 0.803. The molecule has 1 atom stereocenters. The molecule has 0 bridgehead atoms. The fourth-order valence-electron chi connectivity index (χ4n) is 2.18. The summed E-state index contributed by atoms with van der Waals surface area (Å²) in [4.78, 5) is 9.07. The van der Waals surface area contributed by atoms with Gasteiger partial charge in [0.25, 0.3) is 0 Å². The Kier molecular flexibility index (Phi) is 3.00. The van der Waals surface area contributed by atoms with Gasteiger partial charge in [-0.25, -0.2) is 9.97 Å². The molecule has 1 heterocycles. The van der Waals surface area contributed by atoms with Crippen molar-refractivity contribution in [2.45, 2.75) is 44.9 Å². The van der Waals surface area contributed by atoms with Crippen LogP contribution in [0.1, 0.15) is 55.6 Å². The van der Waals surface area contributed by atoms with Crippen LogP contribution in [0.2, 0.25) is 0 Å². The van der Waals surface area contributed by atoms with Crippen LogP contribution in [0.25, 0.3) is 0 Å². The van der Waals surface area contributed by atoms with E-state index in [4.69, 9.17) is 5.73 Å². The van der Waals surface area contributed by atoms with Gasteiger partial charge in [-0.2, -0.15) is 0 Å². The van der Waals surface area contributed by atoms with E-state index in [1.54, 1.807) is 0 Å². The number of aryl methyl sites for hydroxylation is 1. The molecule has 82 valence electrons. The summed E-state index contributed by atoms with van der Waals surface area (Å²) in [5.74, 6) is 1.86. The summed E-state index contributed by atoms with van der Waals surface area (Å²) in [5.41, 5.74) is 8.28. The van der Waals surface area contributed by atoms with Crippen molar-refractivity contribution in [3.05, 3.63) is 23.3 Å². The largest absolute Gasteiger partial charge is 0.330 e. The molecule has 0 radical (unpaired) electrons. The van der Waals surface area contributed by atoms with Gasteiger partial charge in [-0.05, 0) is 37.3 Å². The molecular weight excluding hydrogens is 186 g/mol. The lowest BCUT2D eigenvalue weighted by atomic mass is 9.86. The zero-order chi connectivity index (χ0) is 10.8. The van der Waals surface area contributed by atoms with Crippen LogP contribution < -0.4 is 5.73 Å². The normalized spacial score (nSPS) is 20.4. The zero-order valence-corrected chi connectivity index (χ0v) is 9.53. The number of hydrogen-bond acceptors (Lipinski definition) is 3. The van der Waals surface area contributed by atoms with Crippen molar-refractivity contribution in [3.63, 3.8) is 0 Å². The maximum Gasteiger partial charge on any atom is 0.131 e. The highest BCUT2D eigenvalue weighted by atomic mass is 14.9. The smallest absolute Gasteiger partial charge is 0.131 e. The SMILES string of the molecule is CC(C)c1ncc2c(n1)CCCC2CN. The molecule has 0 spiro atoms. The van der Waals surface area contributed by atoms with Gasteiger partial charge in [-0.1, -0.05) is 13.8 Å².